The number of aromatic amines is 1. The Balaban J connectivity index is 2.11. The van der Waals surface area contributed by atoms with E-state index in [1.807, 2.05) is 32.0 Å². The summed E-state index contributed by atoms with van der Waals surface area (Å²) in [5.41, 5.74) is 6.93. The van der Waals surface area contributed by atoms with Crippen molar-refractivity contribution < 1.29 is 4.74 Å². The van der Waals surface area contributed by atoms with Gasteiger partial charge >= 0.3 is 0 Å². The number of thioether (sulfide) groups is 1. The number of nitrogens with one attached hydrogen (secondary N) is 1. The summed E-state index contributed by atoms with van der Waals surface area (Å²) in [7, 11) is 0. The summed E-state index contributed by atoms with van der Waals surface area (Å²) in [6, 6.07) is 7.92. The third-order valence-electron chi connectivity index (χ3n) is 3.02. The Morgan fingerprint density at radius 2 is 2.33 bits per heavy atom. The van der Waals surface area contributed by atoms with E-state index >= 15 is 0 Å². The van der Waals surface area contributed by atoms with Crippen molar-refractivity contribution in [3.63, 3.8) is 0 Å². The summed E-state index contributed by atoms with van der Waals surface area (Å²) in [6.45, 7) is 6.39. The molecule has 0 aliphatic rings. The van der Waals surface area contributed by atoms with Crippen LogP contribution in [0.4, 0.5) is 0 Å². The Morgan fingerprint density at radius 1 is 1.57 bits per heavy atom. The first-order valence-electron chi connectivity index (χ1n) is 6.93. The van der Waals surface area contributed by atoms with Crippen LogP contribution in [0.5, 0.6) is 5.75 Å². The van der Waals surface area contributed by atoms with Gasteiger partial charge in [0.05, 0.1) is 23.7 Å². The number of benzene rings is 1. The Bertz CT molecular complexity index is 659. The molecule has 0 saturated carbocycles. The number of ether oxygens (including phenoxy) is 1. The fourth-order valence-corrected chi connectivity index (χ4v) is 3.28. The van der Waals surface area contributed by atoms with Crippen LogP contribution in [0.1, 0.15) is 27.2 Å². The third-order valence-corrected chi connectivity index (χ3v) is 4.01. The van der Waals surface area contributed by atoms with Gasteiger partial charge in [-0.15, -0.1) is 0 Å². The molecule has 0 bridgehead atoms. The Labute approximate surface area is 128 Å². The Hall–Kier alpha value is -1.71. The molecule has 1 aromatic heterocycles. The van der Waals surface area contributed by atoms with E-state index in [1.54, 1.807) is 18.7 Å². The summed E-state index contributed by atoms with van der Waals surface area (Å²) in [5.74, 6) is 0.831. The highest BCUT2D eigenvalue weighted by Crippen LogP contribution is 2.28. The maximum absolute atomic E-state index is 8.98. The van der Waals surface area contributed by atoms with Crippen LogP contribution >= 0.6 is 11.8 Å². The molecular formula is C15H20N4OS. The number of nitriles is 1. The molecule has 0 spiro atoms. The summed E-state index contributed by atoms with van der Waals surface area (Å²) < 4.78 is 5.48. The average Bonchev–Trinajstić information content (AvgIpc) is 2.79. The lowest BCUT2D eigenvalue weighted by Gasteiger charge is -2.19. The van der Waals surface area contributed by atoms with Crippen molar-refractivity contribution in [1.82, 2.24) is 9.97 Å². The molecule has 0 fully saturated rings. The van der Waals surface area contributed by atoms with Gasteiger partial charge in [-0.3, -0.25) is 0 Å². The molecule has 0 aliphatic heterocycles. The molecule has 5 nitrogen and oxygen atoms in total. The first kappa shape index (κ1) is 15.7. The quantitative estimate of drug-likeness (QED) is 0.801. The van der Waals surface area contributed by atoms with E-state index in [0.29, 0.717) is 13.0 Å². The number of aromatic nitrogens is 2. The minimum atomic E-state index is -0.805. The highest BCUT2D eigenvalue weighted by Gasteiger charge is 2.22. The van der Waals surface area contributed by atoms with Crippen molar-refractivity contribution in [1.29, 1.82) is 5.26 Å². The minimum absolute atomic E-state index is 0.201. The van der Waals surface area contributed by atoms with Crippen LogP contribution in [-0.4, -0.2) is 27.4 Å². The van der Waals surface area contributed by atoms with Crippen LogP contribution in [0.25, 0.3) is 11.0 Å². The first-order chi connectivity index (χ1) is 9.93. The molecule has 0 aliphatic carbocycles. The Morgan fingerprint density at radius 3 is 3.00 bits per heavy atom. The number of imidazole rings is 1. The summed E-state index contributed by atoms with van der Waals surface area (Å²) in [5, 5.41) is 10.0. The van der Waals surface area contributed by atoms with Crippen molar-refractivity contribution in [2.45, 2.75) is 43.1 Å². The molecule has 2 unspecified atom stereocenters. The van der Waals surface area contributed by atoms with Crippen LogP contribution in [-0.2, 0) is 0 Å². The van der Waals surface area contributed by atoms with E-state index in [4.69, 9.17) is 15.7 Å². The van der Waals surface area contributed by atoms with Gasteiger partial charge in [0.15, 0.2) is 5.16 Å². The number of hydrogen-bond acceptors (Lipinski definition) is 5. The standard InChI is InChI=1S/C15H20N4OS/c1-4-20-11-5-6-12-13(7-11)19-14(18-12)21-10(2)8-15(3,17)9-16/h5-7,10H,4,8,17H2,1-3H3,(H,18,19). The molecule has 0 amide bonds. The van der Waals surface area contributed by atoms with Crippen molar-refractivity contribution in [2.24, 2.45) is 5.73 Å². The predicted octanol–water partition coefficient (Wildman–Crippen LogP) is 3.07. The SMILES string of the molecule is CCOc1ccc2nc(SC(C)CC(C)(N)C#N)[nH]c2c1. The van der Waals surface area contributed by atoms with Gasteiger partial charge in [-0.1, -0.05) is 18.7 Å². The highest BCUT2D eigenvalue weighted by atomic mass is 32.2. The number of nitrogens with zero attached hydrogens (tertiary/aromatic N) is 2. The van der Waals surface area contributed by atoms with E-state index in [-0.39, 0.29) is 5.25 Å². The average molecular weight is 304 g/mol. The monoisotopic (exact) mass is 304 g/mol. The second kappa shape index (κ2) is 6.37. The zero-order chi connectivity index (χ0) is 15.5. The maximum Gasteiger partial charge on any atom is 0.166 e. The highest BCUT2D eigenvalue weighted by molar-refractivity contribution is 7.99. The van der Waals surface area contributed by atoms with Crippen molar-refractivity contribution in [3.05, 3.63) is 18.2 Å². The smallest absolute Gasteiger partial charge is 0.166 e. The lowest BCUT2D eigenvalue weighted by molar-refractivity contribution is 0.340. The molecule has 2 atom stereocenters. The number of hydrogen-bond donors (Lipinski definition) is 2. The summed E-state index contributed by atoms with van der Waals surface area (Å²) in [6.07, 6.45) is 0.607. The van der Waals surface area contributed by atoms with Crippen LogP contribution in [0.15, 0.2) is 23.4 Å². The fourth-order valence-electron chi connectivity index (χ4n) is 2.15. The van der Waals surface area contributed by atoms with Crippen molar-refractivity contribution >= 4 is 22.8 Å². The third kappa shape index (κ3) is 4.13. The molecule has 2 rings (SSSR count). The van der Waals surface area contributed by atoms with Crippen LogP contribution < -0.4 is 10.5 Å². The lowest BCUT2D eigenvalue weighted by atomic mass is 10.00. The largest absolute Gasteiger partial charge is 0.494 e. The van der Waals surface area contributed by atoms with Crippen molar-refractivity contribution in [3.8, 4) is 11.8 Å². The van der Waals surface area contributed by atoms with Gasteiger partial charge in [-0.05, 0) is 32.4 Å². The van der Waals surface area contributed by atoms with Crippen LogP contribution in [0.3, 0.4) is 0 Å². The second-order valence-electron chi connectivity index (χ2n) is 5.32. The maximum atomic E-state index is 8.98. The molecule has 0 radical (unpaired) electrons. The number of nitrogens with two attached hydrogens (primary N) is 1. The Kier molecular flexibility index (Phi) is 4.76. The van der Waals surface area contributed by atoms with Gasteiger partial charge in [0.2, 0.25) is 0 Å². The van der Waals surface area contributed by atoms with Gasteiger partial charge < -0.3 is 15.5 Å². The zero-order valence-corrected chi connectivity index (χ0v) is 13.3. The van der Waals surface area contributed by atoms with Crippen LogP contribution in [0, 0.1) is 11.3 Å². The number of rotatable bonds is 6. The summed E-state index contributed by atoms with van der Waals surface area (Å²) in [4.78, 5) is 7.82. The van der Waals surface area contributed by atoms with Gasteiger partial charge in [0.1, 0.15) is 11.3 Å². The molecule has 3 N–H and O–H groups in total. The normalized spacial score (nSPS) is 15.4. The van der Waals surface area contributed by atoms with Gasteiger partial charge in [0.25, 0.3) is 0 Å². The van der Waals surface area contributed by atoms with E-state index in [9.17, 15) is 0 Å². The molecule has 21 heavy (non-hydrogen) atoms. The van der Waals surface area contributed by atoms with Crippen LogP contribution in [0.2, 0.25) is 0 Å². The summed E-state index contributed by atoms with van der Waals surface area (Å²) >= 11 is 1.59. The lowest BCUT2D eigenvalue weighted by Crippen LogP contribution is -2.36. The predicted molar refractivity (Wildman–Crippen MR) is 85.4 cm³/mol. The molecule has 1 heterocycles. The molecule has 6 heteroatoms. The molecule has 0 saturated heterocycles. The minimum Gasteiger partial charge on any atom is -0.494 e. The van der Waals surface area contributed by atoms with E-state index in [2.05, 4.69) is 16.0 Å². The van der Waals surface area contributed by atoms with Gasteiger partial charge in [-0.25, -0.2) is 4.98 Å². The molecule has 112 valence electrons. The number of H-pyrrole nitrogens is 1. The molecule has 2 aromatic rings. The van der Waals surface area contributed by atoms with E-state index < -0.39 is 5.54 Å². The fraction of sp³-hybridized carbons (Fsp3) is 0.467. The zero-order valence-electron chi connectivity index (χ0n) is 12.5. The number of fused-ring (bicyclic) bond motifs is 1. The second-order valence-corrected chi connectivity index (χ2v) is 6.74. The van der Waals surface area contributed by atoms with Gasteiger partial charge in [0, 0.05) is 11.3 Å². The van der Waals surface area contributed by atoms with E-state index in [0.717, 1.165) is 21.9 Å². The molecular weight excluding hydrogens is 284 g/mol. The van der Waals surface area contributed by atoms with Gasteiger partial charge in [-0.2, -0.15) is 5.26 Å². The first-order valence-corrected chi connectivity index (χ1v) is 7.81. The topological polar surface area (TPSA) is 87.7 Å². The van der Waals surface area contributed by atoms with Crippen molar-refractivity contribution in [2.75, 3.05) is 6.61 Å². The molecule has 1 aromatic carbocycles. The van der Waals surface area contributed by atoms with E-state index in [1.165, 1.54) is 0 Å².